The first kappa shape index (κ1) is 13.3. The summed E-state index contributed by atoms with van der Waals surface area (Å²) >= 11 is 8.12. The third kappa shape index (κ3) is 3.95. The summed E-state index contributed by atoms with van der Waals surface area (Å²) in [6, 6.07) is 9.66. The van der Waals surface area contributed by atoms with Crippen LogP contribution < -0.4 is 10.6 Å². The molecule has 2 N–H and O–H groups in total. The Morgan fingerprint density at radius 1 is 1.06 bits per heavy atom. The average Bonchev–Trinajstić information content (AvgIpc) is 2.37. The summed E-state index contributed by atoms with van der Waals surface area (Å²) in [6.07, 6.45) is 0. The number of hydrogen-bond donors (Lipinski definition) is 2. The second-order valence-electron chi connectivity index (χ2n) is 3.36. The zero-order valence-electron chi connectivity index (χ0n) is 9.40. The van der Waals surface area contributed by atoms with E-state index < -0.39 is 0 Å². The van der Waals surface area contributed by atoms with Gasteiger partial charge < -0.3 is 10.6 Å². The van der Waals surface area contributed by atoms with Crippen LogP contribution in [0, 0.1) is 0 Å². The highest BCUT2D eigenvalue weighted by atomic mass is 127. The van der Waals surface area contributed by atoms with Gasteiger partial charge in [-0.05, 0) is 23.7 Å². The van der Waals surface area contributed by atoms with Crippen molar-refractivity contribution in [3.8, 4) is 0 Å². The van der Waals surface area contributed by atoms with Crippen molar-refractivity contribution in [2.24, 2.45) is 0 Å². The molecule has 0 saturated carbocycles. The number of aromatic nitrogens is 3. The van der Waals surface area contributed by atoms with E-state index in [1.54, 1.807) is 0 Å². The van der Waals surface area contributed by atoms with Gasteiger partial charge in [-0.25, -0.2) is 0 Å². The minimum atomic E-state index is 0.166. The maximum Gasteiger partial charge on any atom is 0.233 e. The van der Waals surface area contributed by atoms with E-state index in [2.05, 4.69) is 48.2 Å². The Hall–Kier alpha value is -1.15. The van der Waals surface area contributed by atoms with E-state index in [1.165, 1.54) is 0 Å². The highest BCUT2D eigenvalue weighted by Gasteiger charge is 2.04. The first-order valence-electron chi connectivity index (χ1n) is 5.31. The zero-order valence-corrected chi connectivity index (χ0v) is 12.3. The number of nitrogens with one attached hydrogen (secondary N) is 2. The zero-order chi connectivity index (χ0) is 12.8. The van der Waals surface area contributed by atoms with Gasteiger partial charge in [0.25, 0.3) is 0 Å². The largest absolute Gasteiger partial charge is 0.353 e. The van der Waals surface area contributed by atoms with Crippen LogP contribution in [0.25, 0.3) is 0 Å². The monoisotopic (exact) mass is 375 g/mol. The lowest BCUT2D eigenvalue weighted by atomic mass is 10.3. The summed E-state index contributed by atoms with van der Waals surface area (Å²) in [4.78, 5) is 12.3. The van der Waals surface area contributed by atoms with Crippen molar-refractivity contribution < 1.29 is 0 Å². The summed E-state index contributed by atoms with van der Waals surface area (Å²) in [5, 5.41) is 6.31. The van der Waals surface area contributed by atoms with Crippen LogP contribution in [0.15, 0.2) is 30.3 Å². The lowest BCUT2D eigenvalue weighted by Gasteiger charge is -2.07. The van der Waals surface area contributed by atoms with Crippen LogP contribution in [0.1, 0.15) is 0 Å². The molecule has 18 heavy (non-hydrogen) atoms. The number of rotatable bonds is 5. The van der Waals surface area contributed by atoms with Gasteiger partial charge in [0.1, 0.15) is 0 Å². The van der Waals surface area contributed by atoms with Crippen molar-refractivity contribution in [1.29, 1.82) is 0 Å². The standard InChI is InChI=1S/C11H11ClIN5/c12-9-16-10(14-7-6-13)18-11(17-9)15-8-4-2-1-3-5-8/h1-5H,6-7H2,(H2,14,15,16,17,18). The lowest BCUT2D eigenvalue weighted by Crippen LogP contribution is -2.08. The summed E-state index contributed by atoms with van der Waals surface area (Å²) < 4.78 is 0.961. The predicted molar refractivity (Wildman–Crippen MR) is 81.9 cm³/mol. The van der Waals surface area contributed by atoms with E-state index in [-0.39, 0.29) is 5.28 Å². The van der Waals surface area contributed by atoms with E-state index in [0.717, 1.165) is 16.7 Å². The molecular weight excluding hydrogens is 365 g/mol. The van der Waals surface area contributed by atoms with E-state index in [9.17, 15) is 0 Å². The molecule has 0 aliphatic heterocycles. The quantitative estimate of drug-likeness (QED) is 0.621. The van der Waals surface area contributed by atoms with Gasteiger partial charge in [0.2, 0.25) is 17.2 Å². The highest BCUT2D eigenvalue weighted by Crippen LogP contribution is 2.15. The second kappa shape index (κ2) is 6.69. The fraction of sp³-hybridized carbons (Fsp3) is 0.182. The summed E-state index contributed by atoms with van der Waals surface area (Å²) in [5.74, 6) is 0.905. The smallest absolute Gasteiger partial charge is 0.233 e. The van der Waals surface area contributed by atoms with Gasteiger partial charge in [0.15, 0.2) is 0 Å². The molecule has 0 atom stereocenters. The molecule has 0 fully saturated rings. The minimum Gasteiger partial charge on any atom is -0.353 e. The van der Waals surface area contributed by atoms with Crippen LogP contribution in [-0.4, -0.2) is 25.9 Å². The number of anilines is 3. The number of alkyl halides is 1. The molecule has 0 bridgehead atoms. The Morgan fingerprint density at radius 3 is 2.50 bits per heavy atom. The molecule has 7 heteroatoms. The Kier molecular flexibility index (Phi) is 4.94. The summed E-state index contributed by atoms with van der Waals surface area (Å²) in [5.41, 5.74) is 0.902. The topological polar surface area (TPSA) is 62.7 Å². The van der Waals surface area contributed by atoms with Crippen LogP contribution >= 0.6 is 34.2 Å². The van der Waals surface area contributed by atoms with Crippen LogP contribution in [0.5, 0.6) is 0 Å². The van der Waals surface area contributed by atoms with Crippen LogP contribution in [0.2, 0.25) is 5.28 Å². The molecule has 0 radical (unpaired) electrons. The van der Waals surface area contributed by atoms with Crippen molar-refractivity contribution in [1.82, 2.24) is 15.0 Å². The first-order chi connectivity index (χ1) is 8.78. The molecule has 0 aliphatic rings. The molecule has 1 heterocycles. The first-order valence-corrected chi connectivity index (χ1v) is 7.22. The minimum absolute atomic E-state index is 0.166. The molecule has 2 rings (SSSR count). The normalized spacial score (nSPS) is 10.1. The Balaban J connectivity index is 2.15. The van der Waals surface area contributed by atoms with Crippen molar-refractivity contribution >= 4 is 51.8 Å². The Morgan fingerprint density at radius 2 is 1.78 bits per heavy atom. The SMILES string of the molecule is Clc1nc(NCCI)nc(Nc2ccccc2)n1. The maximum atomic E-state index is 5.85. The van der Waals surface area contributed by atoms with E-state index in [1.807, 2.05) is 30.3 Å². The van der Waals surface area contributed by atoms with Crippen molar-refractivity contribution in [3.05, 3.63) is 35.6 Å². The average molecular weight is 376 g/mol. The molecule has 2 aromatic rings. The van der Waals surface area contributed by atoms with Gasteiger partial charge in [0, 0.05) is 16.7 Å². The lowest BCUT2D eigenvalue weighted by molar-refractivity contribution is 1.03. The molecule has 1 aromatic carbocycles. The van der Waals surface area contributed by atoms with Gasteiger partial charge in [-0.15, -0.1) is 0 Å². The molecule has 0 saturated heterocycles. The molecule has 0 unspecified atom stereocenters. The third-order valence-corrected chi connectivity index (χ3v) is 2.72. The second-order valence-corrected chi connectivity index (χ2v) is 4.78. The van der Waals surface area contributed by atoms with Gasteiger partial charge in [-0.3, -0.25) is 0 Å². The molecule has 0 amide bonds. The number of para-hydroxylation sites is 1. The number of benzene rings is 1. The number of hydrogen-bond acceptors (Lipinski definition) is 5. The van der Waals surface area contributed by atoms with Crippen LogP contribution in [-0.2, 0) is 0 Å². The van der Waals surface area contributed by atoms with E-state index in [4.69, 9.17) is 11.6 Å². The highest BCUT2D eigenvalue weighted by molar-refractivity contribution is 14.1. The van der Waals surface area contributed by atoms with Gasteiger partial charge in [-0.1, -0.05) is 40.8 Å². The number of nitrogens with zero attached hydrogens (tertiary/aromatic N) is 3. The van der Waals surface area contributed by atoms with E-state index in [0.29, 0.717) is 11.9 Å². The third-order valence-electron chi connectivity index (χ3n) is 2.02. The molecular formula is C11H11ClIN5. The molecule has 1 aromatic heterocycles. The van der Waals surface area contributed by atoms with Gasteiger partial charge in [-0.2, -0.15) is 15.0 Å². The van der Waals surface area contributed by atoms with E-state index >= 15 is 0 Å². The summed E-state index contributed by atoms with van der Waals surface area (Å²) in [6.45, 7) is 0.783. The Labute approximate surface area is 124 Å². The molecule has 0 aliphatic carbocycles. The van der Waals surface area contributed by atoms with Crippen molar-refractivity contribution in [2.45, 2.75) is 0 Å². The van der Waals surface area contributed by atoms with Crippen LogP contribution in [0.3, 0.4) is 0 Å². The summed E-state index contributed by atoms with van der Waals surface area (Å²) in [7, 11) is 0. The predicted octanol–water partition coefficient (Wildman–Crippen LogP) is 3.12. The number of halogens is 2. The van der Waals surface area contributed by atoms with Crippen molar-refractivity contribution in [2.75, 3.05) is 21.6 Å². The van der Waals surface area contributed by atoms with Crippen LogP contribution in [0.4, 0.5) is 17.6 Å². The van der Waals surface area contributed by atoms with Gasteiger partial charge in [0.05, 0.1) is 0 Å². The molecule has 0 spiro atoms. The van der Waals surface area contributed by atoms with Gasteiger partial charge >= 0.3 is 0 Å². The fourth-order valence-electron chi connectivity index (χ4n) is 1.29. The fourth-order valence-corrected chi connectivity index (χ4v) is 1.72. The van der Waals surface area contributed by atoms with Crippen molar-refractivity contribution in [3.63, 3.8) is 0 Å². The maximum absolute atomic E-state index is 5.85. The molecule has 5 nitrogen and oxygen atoms in total. The Bertz CT molecular complexity index is 508. The molecule has 94 valence electrons.